The Bertz CT molecular complexity index is 637. The average Bonchev–Trinajstić information content (AvgIpc) is 2.81. The van der Waals surface area contributed by atoms with Crippen molar-refractivity contribution in [1.82, 2.24) is 10.2 Å². The van der Waals surface area contributed by atoms with Gasteiger partial charge in [-0.05, 0) is 24.6 Å². The zero-order chi connectivity index (χ0) is 15.4. The zero-order valence-corrected chi connectivity index (χ0v) is 14.7. The molecule has 6 heteroatoms. The Morgan fingerprint density at radius 2 is 2.00 bits per heavy atom. The Labute approximate surface area is 146 Å². The predicted molar refractivity (Wildman–Crippen MR) is 96.9 cm³/mol. The van der Waals surface area contributed by atoms with E-state index >= 15 is 0 Å². The van der Waals surface area contributed by atoms with Gasteiger partial charge in [-0.1, -0.05) is 30.3 Å². The van der Waals surface area contributed by atoms with Gasteiger partial charge in [0.2, 0.25) is 0 Å². The highest BCUT2D eigenvalue weighted by Crippen LogP contribution is 2.36. The lowest BCUT2D eigenvalue weighted by Gasteiger charge is -2.19. The number of benzene rings is 1. The minimum atomic E-state index is 0. The van der Waals surface area contributed by atoms with Crippen molar-refractivity contribution < 1.29 is 9.53 Å². The van der Waals surface area contributed by atoms with Crippen LogP contribution in [-0.2, 0) is 0 Å². The fraction of sp³-hybridized carbons (Fsp3) is 0.353. The van der Waals surface area contributed by atoms with Crippen LogP contribution in [0.3, 0.4) is 0 Å². The molecule has 0 atom stereocenters. The molecule has 124 valence electrons. The van der Waals surface area contributed by atoms with E-state index in [0.717, 1.165) is 43.0 Å². The lowest BCUT2D eigenvalue weighted by Crippen LogP contribution is -2.33. The lowest BCUT2D eigenvalue weighted by atomic mass is 10.2. The van der Waals surface area contributed by atoms with E-state index < -0.39 is 0 Å². The summed E-state index contributed by atoms with van der Waals surface area (Å²) in [5.41, 5.74) is 1.11. The second-order valence-corrected chi connectivity index (χ2v) is 6.32. The van der Waals surface area contributed by atoms with E-state index in [1.165, 1.54) is 11.3 Å². The van der Waals surface area contributed by atoms with Crippen molar-refractivity contribution in [3.63, 3.8) is 0 Å². The number of carbonyl (C=O) groups excluding carboxylic acids is 1. The van der Waals surface area contributed by atoms with Crippen LogP contribution in [0.1, 0.15) is 16.1 Å². The topological polar surface area (TPSA) is 41.6 Å². The molecule has 23 heavy (non-hydrogen) atoms. The SMILES string of the molecule is COc1cc(-c2ccccc2)sc1C(=O)N1CCCNCC1.Cl. The van der Waals surface area contributed by atoms with Gasteiger partial charge in [0.05, 0.1) is 7.11 Å². The molecule has 0 saturated carbocycles. The van der Waals surface area contributed by atoms with Crippen molar-refractivity contribution in [3.05, 3.63) is 41.3 Å². The number of amides is 1. The van der Waals surface area contributed by atoms with Crippen LogP contribution < -0.4 is 10.1 Å². The van der Waals surface area contributed by atoms with E-state index in [2.05, 4.69) is 17.4 Å². The molecule has 3 rings (SSSR count). The molecular weight excluding hydrogens is 332 g/mol. The second-order valence-electron chi connectivity index (χ2n) is 5.27. The third-order valence-electron chi connectivity index (χ3n) is 3.80. The van der Waals surface area contributed by atoms with Crippen molar-refractivity contribution in [2.45, 2.75) is 6.42 Å². The summed E-state index contributed by atoms with van der Waals surface area (Å²) in [5, 5.41) is 3.32. The first-order valence-corrected chi connectivity index (χ1v) is 8.34. The number of halogens is 1. The number of methoxy groups -OCH3 is 1. The number of hydrogen-bond donors (Lipinski definition) is 1. The molecule has 1 aromatic carbocycles. The van der Waals surface area contributed by atoms with Gasteiger partial charge in [-0.15, -0.1) is 23.7 Å². The molecule has 0 bridgehead atoms. The van der Waals surface area contributed by atoms with E-state index in [1.807, 2.05) is 29.2 Å². The molecule has 1 aliphatic heterocycles. The first-order chi connectivity index (χ1) is 10.8. The molecule has 1 aliphatic rings. The molecule has 0 spiro atoms. The van der Waals surface area contributed by atoms with E-state index in [9.17, 15) is 4.79 Å². The minimum absolute atomic E-state index is 0. The largest absolute Gasteiger partial charge is 0.495 e. The highest BCUT2D eigenvalue weighted by Gasteiger charge is 2.23. The number of nitrogens with zero attached hydrogens (tertiary/aromatic N) is 1. The van der Waals surface area contributed by atoms with Gasteiger partial charge < -0.3 is 15.0 Å². The Morgan fingerprint density at radius 3 is 2.74 bits per heavy atom. The van der Waals surface area contributed by atoms with Gasteiger partial charge in [0.15, 0.2) is 0 Å². The third kappa shape index (κ3) is 4.05. The van der Waals surface area contributed by atoms with Gasteiger partial charge >= 0.3 is 0 Å². The molecule has 0 unspecified atom stereocenters. The number of carbonyl (C=O) groups is 1. The van der Waals surface area contributed by atoms with Crippen LogP contribution in [0, 0.1) is 0 Å². The molecule has 1 N–H and O–H groups in total. The van der Waals surface area contributed by atoms with Crippen molar-refractivity contribution >= 4 is 29.7 Å². The normalized spacial score (nSPS) is 14.7. The average molecular weight is 353 g/mol. The van der Waals surface area contributed by atoms with E-state index in [4.69, 9.17) is 4.74 Å². The van der Waals surface area contributed by atoms with Crippen LogP contribution in [0.2, 0.25) is 0 Å². The van der Waals surface area contributed by atoms with Crippen LogP contribution >= 0.6 is 23.7 Å². The summed E-state index contributed by atoms with van der Waals surface area (Å²) in [6, 6.07) is 12.1. The van der Waals surface area contributed by atoms with Crippen LogP contribution in [0.5, 0.6) is 5.75 Å². The molecule has 0 aliphatic carbocycles. The summed E-state index contributed by atoms with van der Waals surface area (Å²) in [4.78, 5) is 16.5. The Balaban J connectivity index is 0.00000192. The summed E-state index contributed by atoms with van der Waals surface area (Å²) in [5.74, 6) is 0.749. The maximum Gasteiger partial charge on any atom is 0.267 e. The van der Waals surface area contributed by atoms with Crippen molar-refractivity contribution in [3.8, 4) is 16.2 Å². The number of nitrogens with one attached hydrogen (secondary N) is 1. The summed E-state index contributed by atoms with van der Waals surface area (Å²) in [6.07, 6.45) is 0.991. The molecular formula is C17H21ClN2O2S. The highest BCUT2D eigenvalue weighted by atomic mass is 35.5. The highest BCUT2D eigenvalue weighted by molar-refractivity contribution is 7.17. The second kappa shape index (κ2) is 8.34. The summed E-state index contributed by atoms with van der Waals surface area (Å²) in [6.45, 7) is 3.37. The van der Waals surface area contributed by atoms with Crippen LogP contribution in [0.25, 0.3) is 10.4 Å². The third-order valence-corrected chi connectivity index (χ3v) is 4.95. The van der Waals surface area contributed by atoms with E-state index in [1.54, 1.807) is 7.11 Å². The number of hydrogen-bond acceptors (Lipinski definition) is 4. The number of ether oxygens (including phenoxy) is 1. The Morgan fingerprint density at radius 1 is 1.22 bits per heavy atom. The van der Waals surface area contributed by atoms with Gasteiger partial charge in [-0.25, -0.2) is 0 Å². The van der Waals surface area contributed by atoms with E-state index in [0.29, 0.717) is 10.6 Å². The van der Waals surface area contributed by atoms with Crippen LogP contribution in [-0.4, -0.2) is 44.1 Å². The molecule has 2 heterocycles. The summed E-state index contributed by atoms with van der Waals surface area (Å²) < 4.78 is 5.44. The first kappa shape index (κ1) is 17.8. The summed E-state index contributed by atoms with van der Waals surface area (Å²) in [7, 11) is 1.62. The van der Waals surface area contributed by atoms with Gasteiger partial charge in [0, 0.05) is 24.5 Å². The molecule has 1 amide bonds. The Kier molecular flexibility index (Phi) is 6.45. The maximum absolute atomic E-state index is 12.8. The maximum atomic E-state index is 12.8. The molecule has 2 aromatic rings. The monoisotopic (exact) mass is 352 g/mol. The Hall–Kier alpha value is -1.56. The van der Waals surface area contributed by atoms with Crippen molar-refractivity contribution in [2.24, 2.45) is 0 Å². The van der Waals surface area contributed by atoms with Gasteiger partial charge in [0.1, 0.15) is 10.6 Å². The van der Waals surface area contributed by atoms with Crippen LogP contribution in [0.4, 0.5) is 0 Å². The summed E-state index contributed by atoms with van der Waals surface area (Å²) >= 11 is 1.51. The molecule has 1 fully saturated rings. The van der Waals surface area contributed by atoms with Crippen molar-refractivity contribution in [1.29, 1.82) is 0 Å². The fourth-order valence-corrected chi connectivity index (χ4v) is 3.71. The van der Waals surface area contributed by atoms with Crippen molar-refractivity contribution in [2.75, 3.05) is 33.3 Å². The number of thiophene rings is 1. The minimum Gasteiger partial charge on any atom is -0.495 e. The fourth-order valence-electron chi connectivity index (χ4n) is 2.61. The quantitative estimate of drug-likeness (QED) is 0.921. The lowest BCUT2D eigenvalue weighted by molar-refractivity contribution is 0.0768. The van der Waals surface area contributed by atoms with Gasteiger partial charge in [-0.2, -0.15) is 0 Å². The smallest absolute Gasteiger partial charge is 0.267 e. The van der Waals surface area contributed by atoms with E-state index in [-0.39, 0.29) is 18.3 Å². The first-order valence-electron chi connectivity index (χ1n) is 7.53. The predicted octanol–water partition coefficient (Wildman–Crippen LogP) is 3.28. The molecule has 1 aromatic heterocycles. The standard InChI is InChI=1S/C17H20N2O2S.ClH/c1-21-14-12-15(13-6-3-2-4-7-13)22-16(14)17(20)19-10-5-8-18-9-11-19;/h2-4,6-7,12,18H,5,8-11H2,1H3;1H. The van der Waals surface area contributed by atoms with Crippen LogP contribution in [0.15, 0.2) is 36.4 Å². The number of rotatable bonds is 3. The zero-order valence-electron chi connectivity index (χ0n) is 13.1. The van der Waals surface area contributed by atoms with Gasteiger partial charge in [-0.3, -0.25) is 4.79 Å². The van der Waals surface area contributed by atoms with Gasteiger partial charge in [0.25, 0.3) is 5.91 Å². The molecule has 4 nitrogen and oxygen atoms in total. The molecule has 0 radical (unpaired) electrons. The molecule has 1 saturated heterocycles.